The van der Waals surface area contributed by atoms with E-state index in [9.17, 15) is 4.79 Å². The highest BCUT2D eigenvalue weighted by Crippen LogP contribution is 2.26. The predicted molar refractivity (Wildman–Crippen MR) is 63.5 cm³/mol. The Morgan fingerprint density at radius 2 is 2.00 bits per heavy atom. The van der Waals surface area contributed by atoms with Crippen molar-refractivity contribution in [1.29, 1.82) is 0 Å². The Hall–Kier alpha value is -1.03. The third-order valence-corrected chi connectivity index (χ3v) is 2.95. The van der Waals surface area contributed by atoms with Crippen LogP contribution in [-0.2, 0) is 0 Å². The molecule has 0 spiro atoms. The van der Waals surface area contributed by atoms with Crippen LogP contribution in [0.1, 0.15) is 26.7 Å². The summed E-state index contributed by atoms with van der Waals surface area (Å²) >= 11 is 0. The number of primary amides is 1. The number of carbonyl (C=O) groups excluding carboxylic acids is 1. The zero-order valence-corrected chi connectivity index (χ0v) is 10.3. The summed E-state index contributed by atoms with van der Waals surface area (Å²) in [5.41, 5.74) is 5.06. The molecule has 0 aliphatic carbocycles. The maximum Gasteiger partial charge on any atom is 0.316 e. The third-order valence-electron chi connectivity index (χ3n) is 2.95. The van der Waals surface area contributed by atoms with Crippen LogP contribution in [-0.4, -0.2) is 42.1 Å². The summed E-state index contributed by atoms with van der Waals surface area (Å²) < 4.78 is 0. The zero-order chi connectivity index (χ0) is 12.1. The Morgan fingerprint density at radius 1 is 1.47 bits per heavy atom. The molecule has 0 radical (unpaired) electrons. The van der Waals surface area contributed by atoms with Crippen LogP contribution in [0.3, 0.4) is 0 Å². The van der Waals surface area contributed by atoms with Crippen molar-refractivity contribution in [1.82, 2.24) is 9.80 Å². The van der Waals surface area contributed by atoms with Gasteiger partial charge in [-0.1, -0.05) is 13.0 Å². The molecule has 0 aromatic heterocycles. The largest absolute Gasteiger partial charge is 0.351 e. The van der Waals surface area contributed by atoms with Crippen molar-refractivity contribution in [2.45, 2.75) is 32.4 Å². The molecular weight excluding hydrogens is 190 g/mol. The predicted octanol–water partition coefficient (Wildman–Crippen LogP) is 1.63. The molecule has 0 saturated heterocycles. The number of nitrogens with zero attached hydrogens (tertiary/aromatic N) is 2. The van der Waals surface area contributed by atoms with Gasteiger partial charge in [0.15, 0.2) is 0 Å². The molecular formula is C11H23N3O. The summed E-state index contributed by atoms with van der Waals surface area (Å²) in [6.07, 6.45) is 3.37. The second-order valence-electron chi connectivity index (χ2n) is 3.81. The van der Waals surface area contributed by atoms with E-state index < -0.39 is 0 Å². The van der Waals surface area contributed by atoms with E-state index in [1.165, 1.54) is 0 Å². The van der Waals surface area contributed by atoms with E-state index in [0.29, 0.717) is 13.0 Å². The van der Waals surface area contributed by atoms with Gasteiger partial charge in [-0.15, -0.1) is 6.58 Å². The number of hydrogen-bond donors (Lipinski definition) is 1. The lowest BCUT2D eigenvalue weighted by atomic mass is 9.99. The quantitative estimate of drug-likeness (QED) is 0.538. The second-order valence-corrected chi connectivity index (χ2v) is 3.81. The first-order chi connectivity index (χ1) is 6.96. The molecule has 0 aliphatic heterocycles. The Labute approximate surface area is 92.7 Å². The summed E-state index contributed by atoms with van der Waals surface area (Å²) in [7, 11) is 3.91. The number of carbonyl (C=O) groups is 1. The maximum absolute atomic E-state index is 11.4. The minimum Gasteiger partial charge on any atom is -0.351 e. The lowest BCUT2D eigenvalue weighted by molar-refractivity contribution is 0.00195. The number of rotatable bonds is 6. The lowest BCUT2D eigenvalue weighted by Gasteiger charge is -2.46. The van der Waals surface area contributed by atoms with Gasteiger partial charge in [0.25, 0.3) is 0 Å². The van der Waals surface area contributed by atoms with Crippen molar-refractivity contribution < 1.29 is 4.79 Å². The minimum absolute atomic E-state index is 0.345. The molecule has 0 bridgehead atoms. The molecule has 4 nitrogen and oxygen atoms in total. The van der Waals surface area contributed by atoms with Crippen LogP contribution < -0.4 is 5.73 Å². The van der Waals surface area contributed by atoms with Crippen LogP contribution >= 0.6 is 0 Å². The molecule has 0 aromatic rings. The van der Waals surface area contributed by atoms with Gasteiger partial charge < -0.3 is 10.6 Å². The topological polar surface area (TPSA) is 49.6 Å². The second kappa shape index (κ2) is 5.75. The molecule has 0 heterocycles. The first-order valence-corrected chi connectivity index (χ1v) is 5.31. The van der Waals surface area contributed by atoms with Gasteiger partial charge in [0.05, 0.1) is 0 Å². The average molecular weight is 213 g/mol. The fourth-order valence-corrected chi connectivity index (χ4v) is 2.07. The lowest BCUT2D eigenvalue weighted by Crippen LogP contribution is -2.61. The van der Waals surface area contributed by atoms with E-state index in [1.54, 1.807) is 4.90 Å². The van der Waals surface area contributed by atoms with Gasteiger partial charge in [0.1, 0.15) is 5.66 Å². The highest BCUT2D eigenvalue weighted by atomic mass is 16.2. The Morgan fingerprint density at radius 3 is 2.20 bits per heavy atom. The van der Waals surface area contributed by atoms with Gasteiger partial charge >= 0.3 is 6.03 Å². The van der Waals surface area contributed by atoms with Crippen molar-refractivity contribution >= 4 is 6.03 Å². The highest BCUT2D eigenvalue weighted by molar-refractivity contribution is 5.73. The van der Waals surface area contributed by atoms with Crippen LogP contribution in [0.4, 0.5) is 4.79 Å². The van der Waals surface area contributed by atoms with E-state index >= 15 is 0 Å². The monoisotopic (exact) mass is 213 g/mol. The number of nitrogens with two attached hydrogens (primary N) is 1. The van der Waals surface area contributed by atoms with Crippen molar-refractivity contribution in [2.24, 2.45) is 5.73 Å². The molecule has 0 fully saturated rings. The minimum atomic E-state index is -0.380. The van der Waals surface area contributed by atoms with Crippen molar-refractivity contribution in [3.8, 4) is 0 Å². The zero-order valence-electron chi connectivity index (χ0n) is 10.3. The van der Waals surface area contributed by atoms with Gasteiger partial charge in [0.2, 0.25) is 0 Å². The molecule has 4 heteroatoms. The van der Waals surface area contributed by atoms with Crippen LogP contribution in [0.5, 0.6) is 0 Å². The summed E-state index contributed by atoms with van der Waals surface area (Å²) in [6, 6.07) is -0.380. The molecule has 0 aliphatic rings. The Balaban J connectivity index is 5.18. The molecule has 1 unspecified atom stereocenters. The third kappa shape index (κ3) is 2.72. The molecule has 15 heavy (non-hydrogen) atoms. The maximum atomic E-state index is 11.4. The number of urea groups is 1. The van der Waals surface area contributed by atoms with Gasteiger partial charge in [-0.2, -0.15) is 0 Å². The van der Waals surface area contributed by atoms with Crippen molar-refractivity contribution in [3.63, 3.8) is 0 Å². The van der Waals surface area contributed by atoms with Crippen LogP contribution in [0.2, 0.25) is 0 Å². The fraction of sp³-hybridized carbons (Fsp3) is 0.727. The fourth-order valence-electron chi connectivity index (χ4n) is 2.07. The van der Waals surface area contributed by atoms with Crippen LogP contribution in [0.15, 0.2) is 12.7 Å². The summed E-state index contributed by atoms with van der Waals surface area (Å²) in [6.45, 7) is 8.34. The average Bonchev–Trinajstić information content (AvgIpc) is 2.16. The van der Waals surface area contributed by atoms with Crippen molar-refractivity contribution in [3.05, 3.63) is 12.7 Å². The highest BCUT2D eigenvalue weighted by Gasteiger charge is 2.37. The van der Waals surface area contributed by atoms with Crippen molar-refractivity contribution in [2.75, 3.05) is 20.6 Å². The standard InChI is InChI=1S/C11H23N3O/c1-6-9-11(7-2,13(4)5)14(8-3)10(12)15/h6H,1,7-9H2,2-5H3,(H2,12,15). The molecule has 88 valence electrons. The molecule has 1 atom stereocenters. The smallest absolute Gasteiger partial charge is 0.316 e. The summed E-state index contributed by atoms with van der Waals surface area (Å²) in [4.78, 5) is 15.1. The number of amides is 2. The van der Waals surface area contributed by atoms with Gasteiger partial charge in [0, 0.05) is 13.0 Å². The Kier molecular flexibility index (Phi) is 5.36. The Bertz CT molecular complexity index is 228. The van der Waals surface area contributed by atoms with Gasteiger partial charge in [-0.05, 0) is 27.4 Å². The van der Waals surface area contributed by atoms with Gasteiger partial charge in [-0.25, -0.2) is 4.79 Å². The molecule has 2 amide bonds. The van der Waals surface area contributed by atoms with Crippen LogP contribution in [0, 0.1) is 0 Å². The molecule has 0 aromatic carbocycles. The van der Waals surface area contributed by atoms with E-state index in [1.807, 2.05) is 32.0 Å². The summed E-state index contributed by atoms with van der Waals surface area (Å²) in [5, 5.41) is 0. The summed E-state index contributed by atoms with van der Waals surface area (Å²) in [5.74, 6) is 0. The van der Waals surface area contributed by atoms with E-state index in [0.717, 1.165) is 6.42 Å². The van der Waals surface area contributed by atoms with Crippen LogP contribution in [0.25, 0.3) is 0 Å². The van der Waals surface area contributed by atoms with E-state index in [2.05, 4.69) is 13.5 Å². The van der Waals surface area contributed by atoms with E-state index in [4.69, 9.17) is 5.73 Å². The molecule has 0 saturated carbocycles. The van der Waals surface area contributed by atoms with Gasteiger partial charge in [-0.3, -0.25) is 4.90 Å². The SMILES string of the molecule is C=CCC(CC)(N(C)C)N(CC)C(N)=O. The first kappa shape index (κ1) is 14.0. The number of hydrogen-bond acceptors (Lipinski definition) is 2. The first-order valence-electron chi connectivity index (χ1n) is 5.31. The van der Waals surface area contributed by atoms with E-state index in [-0.39, 0.29) is 11.7 Å². The normalized spacial score (nSPS) is 14.7. The molecule has 0 rings (SSSR count). The molecule has 2 N–H and O–H groups in total.